The summed E-state index contributed by atoms with van der Waals surface area (Å²) in [5, 5.41) is 0.302. The predicted molar refractivity (Wildman–Crippen MR) is 216 cm³/mol. The van der Waals surface area contributed by atoms with Crippen LogP contribution < -0.4 is 0 Å². The van der Waals surface area contributed by atoms with Crippen LogP contribution >= 0.6 is 0 Å². The summed E-state index contributed by atoms with van der Waals surface area (Å²) in [4.78, 5) is 12.6. The molecule has 0 aromatic rings. The number of carbonyl (C=O) groups is 1. The second kappa shape index (κ2) is 32.5. The second-order valence-electron chi connectivity index (χ2n) is 15.2. The van der Waals surface area contributed by atoms with Crippen LogP contribution in [-0.4, -0.2) is 27.0 Å². The lowest BCUT2D eigenvalue weighted by Gasteiger charge is -2.36. The maximum Gasteiger partial charge on any atom is 0.306 e. The van der Waals surface area contributed by atoms with Crippen molar-refractivity contribution in [1.82, 2.24) is 0 Å². The smallest absolute Gasteiger partial charge is 0.306 e. The first-order valence-electron chi connectivity index (χ1n) is 20.2. The molecule has 1 unspecified atom stereocenters. The summed E-state index contributed by atoms with van der Waals surface area (Å²) >= 11 is 0. The maximum absolute atomic E-state index is 12.6. The fourth-order valence-corrected chi connectivity index (χ4v) is 6.26. The Morgan fingerprint density at radius 1 is 0.583 bits per heavy atom. The minimum atomic E-state index is -1.59. The zero-order valence-electron chi connectivity index (χ0n) is 33.0. The van der Waals surface area contributed by atoms with E-state index in [-0.39, 0.29) is 12.1 Å². The molecule has 0 fully saturated rings. The van der Waals surface area contributed by atoms with Crippen LogP contribution in [0.1, 0.15) is 182 Å². The fraction of sp³-hybridized carbons (Fsp3) is 0.750. The molecule has 0 spiro atoms. The first kappa shape index (κ1) is 46.3. The van der Waals surface area contributed by atoms with Crippen LogP contribution in [0.25, 0.3) is 0 Å². The van der Waals surface area contributed by atoms with Crippen molar-refractivity contribution in [2.75, 3.05) is 6.61 Å². The van der Waals surface area contributed by atoms with Gasteiger partial charge in [0, 0.05) is 19.4 Å². The van der Waals surface area contributed by atoms with Crippen LogP contribution in [0.3, 0.4) is 0 Å². The SMILES string of the molecule is CCCCC/C=C\C/C=C\C/C=C\C/C=C\CCCC(=O)OC(C/C=C\CCCCCCCCO[Si](C)(C)C(C)(C)C)CCCCCC. The van der Waals surface area contributed by atoms with Crippen molar-refractivity contribution < 1.29 is 14.0 Å². The van der Waals surface area contributed by atoms with Crippen molar-refractivity contribution in [2.45, 2.75) is 207 Å². The highest BCUT2D eigenvalue weighted by Gasteiger charge is 2.36. The molecule has 0 aromatic heterocycles. The summed E-state index contributed by atoms with van der Waals surface area (Å²) in [6.45, 7) is 17.0. The number of esters is 1. The zero-order chi connectivity index (χ0) is 35.6. The van der Waals surface area contributed by atoms with Gasteiger partial charge in [-0.15, -0.1) is 0 Å². The molecule has 0 bridgehead atoms. The Kier molecular flexibility index (Phi) is 31.4. The third-order valence-corrected chi connectivity index (χ3v) is 14.0. The molecule has 0 rings (SSSR count). The van der Waals surface area contributed by atoms with Crippen LogP contribution in [0, 0.1) is 0 Å². The third kappa shape index (κ3) is 30.4. The molecule has 0 saturated carbocycles. The molecule has 0 N–H and O–H groups in total. The van der Waals surface area contributed by atoms with Gasteiger partial charge in [0.05, 0.1) is 0 Å². The number of rotatable bonds is 32. The number of hydrogen-bond acceptors (Lipinski definition) is 3. The average Bonchev–Trinajstić information content (AvgIpc) is 3.04. The van der Waals surface area contributed by atoms with Gasteiger partial charge < -0.3 is 9.16 Å². The summed E-state index contributed by atoms with van der Waals surface area (Å²) in [5.74, 6) is -0.0329. The van der Waals surface area contributed by atoms with Crippen molar-refractivity contribution >= 4 is 14.3 Å². The van der Waals surface area contributed by atoms with Gasteiger partial charge in [0.25, 0.3) is 0 Å². The van der Waals surface area contributed by atoms with Crippen LogP contribution in [0.2, 0.25) is 18.1 Å². The highest BCUT2D eigenvalue weighted by molar-refractivity contribution is 6.74. The molecule has 278 valence electrons. The molecule has 1 atom stereocenters. The van der Waals surface area contributed by atoms with E-state index >= 15 is 0 Å². The normalized spacial score (nSPS) is 13.7. The van der Waals surface area contributed by atoms with Crippen molar-refractivity contribution in [3.8, 4) is 0 Å². The Morgan fingerprint density at radius 3 is 1.62 bits per heavy atom. The minimum absolute atomic E-state index is 0.0238. The third-order valence-electron chi connectivity index (χ3n) is 9.49. The van der Waals surface area contributed by atoms with Gasteiger partial charge in [0.2, 0.25) is 0 Å². The van der Waals surface area contributed by atoms with Crippen LogP contribution in [0.4, 0.5) is 0 Å². The van der Waals surface area contributed by atoms with E-state index in [9.17, 15) is 4.79 Å². The maximum atomic E-state index is 12.6. The van der Waals surface area contributed by atoms with Crippen molar-refractivity contribution in [2.24, 2.45) is 0 Å². The van der Waals surface area contributed by atoms with Gasteiger partial charge in [-0.25, -0.2) is 0 Å². The lowest BCUT2D eigenvalue weighted by molar-refractivity contribution is -0.149. The topological polar surface area (TPSA) is 35.5 Å². The van der Waals surface area contributed by atoms with Crippen molar-refractivity contribution in [1.29, 1.82) is 0 Å². The van der Waals surface area contributed by atoms with Crippen molar-refractivity contribution in [3.63, 3.8) is 0 Å². The van der Waals surface area contributed by atoms with Crippen LogP contribution in [0.15, 0.2) is 60.8 Å². The number of ether oxygens (including phenoxy) is 1. The van der Waals surface area contributed by atoms with Gasteiger partial charge in [-0.3, -0.25) is 4.79 Å². The molecule has 0 radical (unpaired) electrons. The highest BCUT2D eigenvalue weighted by atomic mass is 28.4. The van der Waals surface area contributed by atoms with Gasteiger partial charge in [0.1, 0.15) is 6.10 Å². The second-order valence-corrected chi connectivity index (χ2v) is 20.0. The van der Waals surface area contributed by atoms with E-state index in [1.54, 1.807) is 0 Å². The molecule has 0 aliphatic rings. The monoisotopic (exact) mass is 685 g/mol. The number of unbranched alkanes of at least 4 members (excludes halogenated alkanes) is 13. The molecule has 0 amide bonds. The average molecular weight is 685 g/mol. The Hall–Kier alpha value is -1.65. The predicted octanol–water partition coefficient (Wildman–Crippen LogP) is 14.7. The Morgan fingerprint density at radius 2 is 1.04 bits per heavy atom. The van der Waals surface area contributed by atoms with Crippen molar-refractivity contribution in [3.05, 3.63) is 60.8 Å². The van der Waals surface area contributed by atoms with Gasteiger partial charge >= 0.3 is 5.97 Å². The Bertz CT molecular complexity index is 874. The van der Waals surface area contributed by atoms with E-state index in [0.29, 0.717) is 11.5 Å². The molecular weight excluding hydrogens is 605 g/mol. The van der Waals surface area contributed by atoms with E-state index in [1.165, 1.54) is 83.5 Å². The zero-order valence-corrected chi connectivity index (χ0v) is 34.0. The summed E-state index contributed by atoms with van der Waals surface area (Å²) in [7, 11) is -1.59. The first-order valence-corrected chi connectivity index (χ1v) is 23.1. The summed E-state index contributed by atoms with van der Waals surface area (Å²) in [5.41, 5.74) is 0. The van der Waals surface area contributed by atoms with E-state index in [1.807, 2.05) is 0 Å². The molecule has 4 heteroatoms. The molecule has 3 nitrogen and oxygen atoms in total. The Labute approximate surface area is 301 Å². The molecule has 0 aromatic carbocycles. The largest absolute Gasteiger partial charge is 0.462 e. The number of carbonyl (C=O) groups excluding carboxylic acids is 1. The lowest BCUT2D eigenvalue weighted by atomic mass is 10.1. The van der Waals surface area contributed by atoms with E-state index in [2.05, 4.69) is 108 Å². The summed E-state index contributed by atoms with van der Waals surface area (Å²) in [6.07, 6.45) is 48.4. The molecule has 0 heterocycles. The summed E-state index contributed by atoms with van der Waals surface area (Å²) in [6, 6.07) is 0. The quantitative estimate of drug-likeness (QED) is 0.0306. The van der Waals surface area contributed by atoms with Crippen LogP contribution in [-0.2, 0) is 14.0 Å². The molecule has 48 heavy (non-hydrogen) atoms. The summed E-state index contributed by atoms with van der Waals surface area (Å²) < 4.78 is 12.2. The molecule has 0 saturated heterocycles. The standard InChI is InChI=1S/C44H80O3Si/c1-8-10-12-14-15-16-17-18-19-20-21-22-23-26-29-32-36-40-43(45)47-42(38-34-13-11-9-2)39-35-31-28-25-24-27-30-33-37-41-46-48(6,7)44(3,4)5/h15-16,18-19,21-22,26,29,31,35,42H,8-14,17,20,23-25,27-28,30,32-34,36-41H2,1-7H3/b16-15-,19-18-,22-21-,29-26-,35-31-. The number of hydrogen-bond donors (Lipinski definition) is 0. The molecular formula is C44H80O3Si. The lowest BCUT2D eigenvalue weighted by Crippen LogP contribution is -2.40. The van der Waals surface area contributed by atoms with Gasteiger partial charge in [-0.2, -0.15) is 0 Å². The highest BCUT2D eigenvalue weighted by Crippen LogP contribution is 2.36. The fourth-order valence-electron chi connectivity index (χ4n) is 5.17. The van der Waals surface area contributed by atoms with Gasteiger partial charge in [-0.05, 0) is 95.2 Å². The molecule has 0 aliphatic heterocycles. The number of allylic oxidation sites excluding steroid dienone is 9. The first-order chi connectivity index (χ1) is 23.1. The van der Waals surface area contributed by atoms with E-state index in [4.69, 9.17) is 9.16 Å². The van der Waals surface area contributed by atoms with E-state index < -0.39 is 8.32 Å². The van der Waals surface area contributed by atoms with Gasteiger partial charge in [-0.1, -0.05) is 153 Å². The van der Waals surface area contributed by atoms with Crippen LogP contribution in [0.5, 0.6) is 0 Å². The van der Waals surface area contributed by atoms with E-state index in [0.717, 1.165) is 64.4 Å². The molecule has 0 aliphatic carbocycles. The Balaban J connectivity index is 4.09. The van der Waals surface area contributed by atoms with Gasteiger partial charge in [0.15, 0.2) is 8.32 Å². The minimum Gasteiger partial charge on any atom is -0.462 e.